The summed E-state index contributed by atoms with van der Waals surface area (Å²) in [5, 5.41) is 4.65. The van der Waals surface area contributed by atoms with Gasteiger partial charge in [0.25, 0.3) is 11.8 Å². The van der Waals surface area contributed by atoms with Crippen LogP contribution in [0.1, 0.15) is 85.0 Å². The summed E-state index contributed by atoms with van der Waals surface area (Å²) in [4.78, 5) is 71.0. The van der Waals surface area contributed by atoms with Crippen LogP contribution in [0, 0.1) is 24.4 Å². The molecule has 0 radical (unpaired) electrons. The molecule has 1 unspecified atom stereocenters. The Bertz CT molecular complexity index is 2960. The van der Waals surface area contributed by atoms with Crippen molar-refractivity contribution in [2.45, 2.75) is 93.6 Å². The van der Waals surface area contributed by atoms with E-state index in [2.05, 4.69) is 35.4 Å². The number of fused-ring (bicyclic) bond motifs is 2. The number of benzene rings is 3. The number of carbonyl (C=O) groups is 4. The van der Waals surface area contributed by atoms with Gasteiger partial charge in [0, 0.05) is 62.0 Å². The summed E-state index contributed by atoms with van der Waals surface area (Å²) in [7, 11) is -3.64. The second kappa shape index (κ2) is 17.1. The molecular formula is C47H49F3N10O6S. The molecule has 350 valence electrons. The normalized spacial score (nSPS) is 20.6. The molecule has 2 N–H and O–H groups in total. The second-order valence-corrected chi connectivity index (χ2v) is 20.6. The minimum absolute atomic E-state index is 0.00374. The topological polar surface area (TPSA) is 183 Å². The summed E-state index contributed by atoms with van der Waals surface area (Å²) in [6, 6.07) is 11.0. The first kappa shape index (κ1) is 44.6. The smallest absolute Gasteiger partial charge is 0.262 e. The molecule has 0 bridgehead atoms. The maximum absolute atomic E-state index is 15.4. The Labute approximate surface area is 384 Å². The summed E-state index contributed by atoms with van der Waals surface area (Å²) in [5.41, 5.74) is 1.53. The van der Waals surface area contributed by atoms with Gasteiger partial charge in [-0.2, -0.15) is 0 Å². The molecular weight excluding hydrogens is 890 g/mol. The third-order valence-corrected chi connectivity index (χ3v) is 16.3. The number of amides is 4. The fourth-order valence-corrected chi connectivity index (χ4v) is 12.2. The van der Waals surface area contributed by atoms with Crippen molar-refractivity contribution in [2.75, 3.05) is 49.5 Å². The van der Waals surface area contributed by atoms with E-state index in [4.69, 9.17) is 0 Å². The number of rotatable bonds is 10. The number of nitrogens with zero attached hydrogens (tertiary/aromatic N) is 8. The number of imidazole rings is 1. The molecule has 0 aliphatic carbocycles. The van der Waals surface area contributed by atoms with Crippen LogP contribution in [0.25, 0.3) is 22.3 Å². The van der Waals surface area contributed by atoms with Gasteiger partial charge in [-0.25, -0.2) is 36.5 Å². The average molecular weight is 939 g/mol. The Hall–Kier alpha value is -6.25. The number of hydrogen-bond acceptors (Lipinski definition) is 13. The number of aromatic nitrogens is 4. The van der Waals surface area contributed by atoms with Crippen molar-refractivity contribution in [1.82, 2.24) is 39.5 Å². The first-order valence-corrected chi connectivity index (χ1v) is 24.2. The maximum Gasteiger partial charge on any atom is 0.262 e. The third-order valence-electron chi connectivity index (χ3n) is 14.1. The van der Waals surface area contributed by atoms with Gasteiger partial charge in [0.15, 0.2) is 21.5 Å². The molecule has 16 nitrogen and oxygen atoms in total. The van der Waals surface area contributed by atoms with E-state index < -0.39 is 62.2 Å². The molecule has 4 saturated heterocycles. The molecule has 7 heterocycles. The van der Waals surface area contributed by atoms with Crippen molar-refractivity contribution >= 4 is 61.8 Å². The predicted molar refractivity (Wildman–Crippen MR) is 241 cm³/mol. The number of nitrogens with one attached hydrogen (secondary N) is 2. The van der Waals surface area contributed by atoms with Gasteiger partial charge >= 0.3 is 0 Å². The lowest BCUT2D eigenvalue weighted by molar-refractivity contribution is -0.136. The van der Waals surface area contributed by atoms with Gasteiger partial charge in [0.05, 0.1) is 38.7 Å². The van der Waals surface area contributed by atoms with Crippen molar-refractivity contribution in [3.8, 4) is 11.3 Å². The quantitative estimate of drug-likeness (QED) is 0.167. The average Bonchev–Trinajstić information content (AvgIpc) is 3.75. The van der Waals surface area contributed by atoms with Gasteiger partial charge in [-0.05, 0) is 114 Å². The molecule has 0 spiro atoms. The van der Waals surface area contributed by atoms with Gasteiger partial charge in [-0.3, -0.25) is 34.3 Å². The number of aryl methyl sites for hydroxylation is 1. The minimum Gasteiger partial charge on any atom is -0.366 e. The number of carbonyl (C=O) groups excluding carboxylic acids is 4. The van der Waals surface area contributed by atoms with Crippen LogP contribution >= 0.6 is 0 Å². The minimum atomic E-state index is -3.64. The Kier molecular flexibility index (Phi) is 11.4. The Morgan fingerprint density at radius 3 is 2.10 bits per heavy atom. The fraction of sp³-hybridized carbons (Fsp3) is 0.426. The van der Waals surface area contributed by atoms with Crippen molar-refractivity contribution in [2.24, 2.45) is 0 Å². The lowest BCUT2D eigenvalue weighted by atomic mass is 9.96. The van der Waals surface area contributed by atoms with E-state index in [1.54, 1.807) is 37.3 Å². The number of anilines is 3. The zero-order valence-electron chi connectivity index (χ0n) is 37.1. The highest BCUT2D eigenvalue weighted by Crippen LogP contribution is 2.37. The third kappa shape index (κ3) is 8.01. The van der Waals surface area contributed by atoms with Crippen LogP contribution in [0.4, 0.5) is 30.5 Å². The maximum atomic E-state index is 15.4. The standard InChI is InChI=1S/C47H49F3N10O6S/c1-25(2)59-26(3)52-43-36(49)18-27(19-40(43)59)42-37(50)22-51-47(55-42)53-28-4-6-31(7-5-28)67(65,66)32-12-16-56(17-13-32)29-10-14-57(15-11-29)30-23-58(24-30)39-21-34-33(20-35(39)48)45(63)60(46(34)64)38-8-9-41(61)54-44(38)62/h4-7,18-22,25,29-30,32,38H,8-17,23-24H2,1-3H3,(H,51,53,55)(H,54,61,62). The summed E-state index contributed by atoms with van der Waals surface area (Å²) in [5.74, 6) is -3.86. The summed E-state index contributed by atoms with van der Waals surface area (Å²) in [6.07, 6.45) is 3.86. The van der Waals surface area contributed by atoms with Crippen LogP contribution < -0.4 is 15.5 Å². The zero-order chi connectivity index (χ0) is 47.1. The van der Waals surface area contributed by atoms with Crippen LogP contribution in [0.3, 0.4) is 0 Å². The van der Waals surface area contributed by atoms with E-state index in [1.807, 2.05) is 23.3 Å². The van der Waals surface area contributed by atoms with E-state index in [0.29, 0.717) is 62.1 Å². The number of halogens is 3. The van der Waals surface area contributed by atoms with Crippen LogP contribution in [0.2, 0.25) is 0 Å². The van der Waals surface area contributed by atoms with Crippen molar-refractivity contribution in [3.05, 3.63) is 89.1 Å². The first-order valence-electron chi connectivity index (χ1n) is 22.7. The van der Waals surface area contributed by atoms with Crippen LogP contribution in [0.15, 0.2) is 59.6 Å². The molecule has 4 amide bonds. The van der Waals surface area contributed by atoms with Gasteiger partial charge in [-0.15, -0.1) is 0 Å². The summed E-state index contributed by atoms with van der Waals surface area (Å²) >= 11 is 0. The molecule has 5 aliphatic rings. The lowest BCUT2D eigenvalue weighted by Crippen LogP contribution is -2.62. The molecule has 5 aliphatic heterocycles. The number of sulfone groups is 1. The molecule has 10 rings (SSSR count). The number of piperidine rings is 3. The van der Waals surface area contributed by atoms with E-state index >= 15 is 13.2 Å². The highest BCUT2D eigenvalue weighted by molar-refractivity contribution is 7.92. The first-order chi connectivity index (χ1) is 32.0. The van der Waals surface area contributed by atoms with E-state index in [0.717, 1.165) is 43.1 Å². The Morgan fingerprint density at radius 2 is 1.43 bits per heavy atom. The molecule has 5 aromatic rings. The van der Waals surface area contributed by atoms with Crippen molar-refractivity contribution in [1.29, 1.82) is 0 Å². The Morgan fingerprint density at radius 1 is 0.776 bits per heavy atom. The Balaban J connectivity index is 0.707. The van der Waals surface area contributed by atoms with E-state index in [1.165, 1.54) is 12.1 Å². The predicted octanol–water partition coefficient (Wildman–Crippen LogP) is 5.54. The monoisotopic (exact) mass is 938 g/mol. The molecule has 2 aromatic heterocycles. The molecule has 20 heteroatoms. The molecule has 3 aromatic carbocycles. The van der Waals surface area contributed by atoms with Gasteiger partial charge in [0.1, 0.15) is 28.9 Å². The lowest BCUT2D eigenvalue weighted by Gasteiger charge is -2.50. The number of imide groups is 2. The number of likely N-dealkylation sites (tertiary alicyclic amines) is 2. The van der Waals surface area contributed by atoms with Crippen LogP contribution in [-0.4, -0.2) is 129 Å². The summed E-state index contributed by atoms with van der Waals surface area (Å²) < 4.78 is 75.3. The molecule has 4 fully saturated rings. The summed E-state index contributed by atoms with van der Waals surface area (Å²) in [6.45, 7) is 9.79. The molecule has 0 saturated carbocycles. The SMILES string of the molecule is Cc1nc2c(F)cc(-c3nc(Nc4ccc(S(=O)(=O)C5CCN(C6CCN(C7CN(c8cc9c(cc8F)C(=O)N(C8CCC(=O)NC8=O)C9=O)C7)CC6)CC5)cc4)ncc3F)cc2n1C(C)C. The zero-order valence-corrected chi connectivity index (χ0v) is 38.0. The van der Waals surface area contributed by atoms with Gasteiger partial charge in [0.2, 0.25) is 17.8 Å². The molecule has 67 heavy (non-hydrogen) atoms. The van der Waals surface area contributed by atoms with E-state index in [9.17, 15) is 27.6 Å². The number of hydrogen-bond donors (Lipinski definition) is 2. The largest absolute Gasteiger partial charge is 0.366 e. The molecule has 1 atom stereocenters. The van der Waals surface area contributed by atoms with E-state index in [-0.39, 0.29) is 69.4 Å². The second-order valence-electron chi connectivity index (χ2n) is 18.4. The highest BCUT2D eigenvalue weighted by atomic mass is 32.2. The van der Waals surface area contributed by atoms with Crippen LogP contribution in [0.5, 0.6) is 0 Å². The van der Waals surface area contributed by atoms with Crippen molar-refractivity contribution in [3.63, 3.8) is 0 Å². The van der Waals surface area contributed by atoms with Gasteiger partial charge in [-0.1, -0.05) is 0 Å². The van der Waals surface area contributed by atoms with Crippen LogP contribution in [-0.2, 0) is 19.4 Å². The fourth-order valence-electron chi connectivity index (χ4n) is 10.5. The van der Waals surface area contributed by atoms with Gasteiger partial charge < -0.3 is 19.7 Å². The van der Waals surface area contributed by atoms with Crippen molar-refractivity contribution < 1.29 is 40.8 Å². The highest BCUT2D eigenvalue weighted by Gasteiger charge is 2.46.